The van der Waals surface area contributed by atoms with E-state index in [-0.39, 0.29) is 6.04 Å². The molecule has 1 heterocycles. The lowest BCUT2D eigenvalue weighted by molar-refractivity contribution is -0.142. The van der Waals surface area contributed by atoms with E-state index in [9.17, 15) is 9.90 Å². The van der Waals surface area contributed by atoms with Crippen molar-refractivity contribution in [2.45, 2.75) is 29.8 Å². The lowest BCUT2D eigenvalue weighted by atomic mass is 9.95. The second-order valence-electron chi connectivity index (χ2n) is 6.49. The number of carboxylic acid groups (broad SMARTS) is 1. The molecule has 5 nitrogen and oxygen atoms in total. The van der Waals surface area contributed by atoms with Crippen LogP contribution in [-0.4, -0.2) is 49.0 Å². The highest BCUT2D eigenvalue weighted by Gasteiger charge is 2.38. The van der Waals surface area contributed by atoms with Crippen LogP contribution in [0.15, 0.2) is 47.4 Å². The van der Waals surface area contributed by atoms with Gasteiger partial charge < -0.3 is 14.6 Å². The molecule has 1 aliphatic heterocycles. The molecule has 1 saturated heterocycles. The van der Waals surface area contributed by atoms with Gasteiger partial charge in [-0.2, -0.15) is 0 Å². The molecule has 0 aromatic heterocycles. The summed E-state index contributed by atoms with van der Waals surface area (Å²) in [6, 6.07) is 13.4. The molecule has 27 heavy (non-hydrogen) atoms. The molecular formula is C21H25NO4S. The predicted octanol–water partition coefficient (Wildman–Crippen LogP) is 4.06. The third-order valence-corrected chi connectivity index (χ3v) is 5.81. The monoisotopic (exact) mass is 387 g/mol. The number of methoxy groups -OCH3 is 2. The summed E-state index contributed by atoms with van der Waals surface area (Å²) in [5.41, 5.74) is 1.97. The molecule has 2 unspecified atom stereocenters. The molecule has 1 aliphatic rings. The summed E-state index contributed by atoms with van der Waals surface area (Å²) >= 11 is 1.68. The van der Waals surface area contributed by atoms with Crippen LogP contribution >= 0.6 is 11.8 Å². The maximum Gasteiger partial charge on any atom is 0.320 e. The summed E-state index contributed by atoms with van der Waals surface area (Å²) in [4.78, 5) is 15.1. The number of benzene rings is 2. The third kappa shape index (κ3) is 3.92. The maximum absolute atomic E-state index is 11.9. The Morgan fingerprint density at radius 3 is 2.52 bits per heavy atom. The summed E-state index contributed by atoms with van der Waals surface area (Å²) in [7, 11) is 3.23. The lowest BCUT2D eigenvalue weighted by Crippen LogP contribution is -2.39. The number of carboxylic acids is 1. The van der Waals surface area contributed by atoms with Crippen molar-refractivity contribution in [1.82, 2.24) is 4.90 Å². The Balaban J connectivity index is 2.14. The Bertz CT molecular complexity index is 793. The number of hydrogen-bond acceptors (Lipinski definition) is 5. The normalized spacial score (nSPS) is 18.3. The fourth-order valence-electron chi connectivity index (χ4n) is 3.83. The molecule has 0 aliphatic carbocycles. The first-order valence-corrected chi connectivity index (χ1v) is 10.2. The Morgan fingerprint density at radius 1 is 1.19 bits per heavy atom. The van der Waals surface area contributed by atoms with Crippen LogP contribution in [0.3, 0.4) is 0 Å². The minimum absolute atomic E-state index is 0.213. The van der Waals surface area contributed by atoms with E-state index in [2.05, 4.69) is 29.2 Å². The van der Waals surface area contributed by atoms with Gasteiger partial charge in [-0.25, -0.2) is 0 Å². The molecule has 6 heteroatoms. The number of carbonyl (C=O) groups is 1. The summed E-state index contributed by atoms with van der Waals surface area (Å²) < 4.78 is 11.1. The zero-order chi connectivity index (χ0) is 19.4. The van der Waals surface area contributed by atoms with E-state index in [0.29, 0.717) is 17.9 Å². The highest BCUT2D eigenvalue weighted by atomic mass is 32.2. The van der Waals surface area contributed by atoms with Crippen LogP contribution in [0.25, 0.3) is 0 Å². The van der Waals surface area contributed by atoms with Crippen LogP contribution in [0.5, 0.6) is 11.5 Å². The number of aliphatic carboxylic acids is 1. The minimum atomic E-state index is -0.778. The Morgan fingerprint density at radius 2 is 1.93 bits per heavy atom. The van der Waals surface area contributed by atoms with Crippen molar-refractivity contribution in [2.24, 2.45) is 0 Å². The molecule has 3 rings (SSSR count). The average molecular weight is 388 g/mol. The molecule has 144 valence electrons. The van der Waals surface area contributed by atoms with Gasteiger partial charge in [0.1, 0.15) is 6.04 Å². The Kier molecular flexibility index (Phi) is 6.29. The van der Waals surface area contributed by atoms with Crippen LogP contribution < -0.4 is 9.47 Å². The van der Waals surface area contributed by atoms with Gasteiger partial charge in [0, 0.05) is 17.0 Å². The topological polar surface area (TPSA) is 59.0 Å². The SMILES string of the molecule is COc1cccc(C(c2ccc(SC)cc2)N2CCCC2C(=O)O)c1OC. The first kappa shape index (κ1) is 19.6. The third-order valence-electron chi connectivity index (χ3n) is 5.07. The van der Waals surface area contributed by atoms with Crippen molar-refractivity contribution in [3.63, 3.8) is 0 Å². The van der Waals surface area contributed by atoms with E-state index >= 15 is 0 Å². The van der Waals surface area contributed by atoms with Gasteiger partial charge in [-0.15, -0.1) is 11.8 Å². The smallest absolute Gasteiger partial charge is 0.320 e. The standard InChI is InChI=1S/C21H25NO4S/c1-25-18-8-4-6-16(20(18)26-2)19(14-9-11-15(27-3)12-10-14)22-13-5-7-17(22)21(23)24/h4,6,8-12,17,19H,5,7,13H2,1-3H3,(H,23,24). The van der Waals surface area contributed by atoms with Crippen LogP contribution in [0.2, 0.25) is 0 Å². The predicted molar refractivity (Wildman–Crippen MR) is 107 cm³/mol. The fourth-order valence-corrected chi connectivity index (χ4v) is 4.23. The van der Waals surface area contributed by atoms with Crippen LogP contribution in [0, 0.1) is 0 Å². The number of hydrogen-bond donors (Lipinski definition) is 1. The maximum atomic E-state index is 11.9. The molecule has 2 aromatic carbocycles. The first-order valence-electron chi connectivity index (χ1n) is 8.94. The number of thioether (sulfide) groups is 1. The van der Waals surface area contributed by atoms with Crippen LogP contribution in [-0.2, 0) is 4.79 Å². The summed E-state index contributed by atoms with van der Waals surface area (Å²) in [6.45, 7) is 0.728. The fraction of sp³-hybridized carbons (Fsp3) is 0.381. The van der Waals surface area contributed by atoms with E-state index < -0.39 is 12.0 Å². The van der Waals surface area contributed by atoms with E-state index in [1.54, 1.807) is 26.0 Å². The first-order chi connectivity index (χ1) is 13.1. The summed E-state index contributed by atoms with van der Waals surface area (Å²) in [5, 5.41) is 9.73. The second-order valence-corrected chi connectivity index (χ2v) is 7.37. The molecule has 0 saturated carbocycles. The molecule has 1 N–H and O–H groups in total. The molecule has 2 atom stereocenters. The molecule has 0 spiro atoms. The molecule has 1 fully saturated rings. The van der Waals surface area contributed by atoms with Gasteiger partial charge in [-0.05, 0) is 42.9 Å². The van der Waals surface area contributed by atoms with Gasteiger partial charge in [0.2, 0.25) is 0 Å². The van der Waals surface area contributed by atoms with Gasteiger partial charge >= 0.3 is 5.97 Å². The zero-order valence-corrected chi connectivity index (χ0v) is 16.7. The van der Waals surface area contributed by atoms with Crippen molar-refractivity contribution >= 4 is 17.7 Å². The highest BCUT2D eigenvalue weighted by Crippen LogP contribution is 2.42. The largest absolute Gasteiger partial charge is 0.493 e. The number of rotatable bonds is 7. The minimum Gasteiger partial charge on any atom is -0.493 e. The van der Waals surface area contributed by atoms with Gasteiger partial charge in [-0.3, -0.25) is 9.69 Å². The Hall–Kier alpha value is -2.18. The Labute approximate surface area is 164 Å². The lowest BCUT2D eigenvalue weighted by Gasteiger charge is -2.33. The summed E-state index contributed by atoms with van der Waals surface area (Å²) in [6.07, 6.45) is 3.56. The van der Waals surface area contributed by atoms with Crippen LogP contribution in [0.1, 0.15) is 30.0 Å². The van der Waals surface area contributed by atoms with Crippen molar-refractivity contribution in [3.05, 3.63) is 53.6 Å². The van der Waals surface area contributed by atoms with Crippen molar-refractivity contribution in [2.75, 3.05) is 27.0 Å². The van der Waals surface area contributed by atoms with Gasteiger partial charge in [0.05, 0.1) is 20.3 Å². The molecule has 0 radical (unpaired) electrons. The number of nitrogens with zero attached hydrogens (tertiary/aromatic N) is 1. The van der Waals surface area contributed by atoms with Crippen molar-refractivity contribution in [1.29, 1.82) is 0 Å². The van der Waals surface area contributed by atoms with Gasteiger partial charge in [0.25, 0.3) is 0 Å². The molecule has 2 aromatic rings. The highest BCUT2D eigenvalue weighted by molar-refractivity contribution is 7.98. The number of ether oxygens (including phenoxy) is 2. The zero-order valence-electron chi connectivity index (χ0n) is 15.8. The quantitative estimate of drug-likeness (QED) is 0.723. The number of likely N-dealkylation sites (tertiary alicyclic amines) is 1. The van der Waals surface area contributed by atoms with Gasteiger partial charge in [-0.1, -0.05) is 24.3 Å². The van der Waals surface area contributed by atoms with Crippen molar-refractivity contribution in [3.8, 4) is 11.5 Å². The van der Waals surface area contributed by atoms with E-state index in [1.807, 2.05) is 24.5 Å². The van der Waals surface area contributed by atoms with E-state index in [4.69, 9.17) is 9.47 Å². The summed E-state index contributed by atoms with van der Waals surface area (Å²) in [5.74, 6) is 0.516. The van der Waals surface area contributed by atoms with E-state index in [0.717, 1.165) is 24.1 Å². The molecular weight excluding hydrogens is 362 g/mol. The molecule has 0 bridgehead atoms. The van der Waals surface area contributed by atoms with Crippen molar-refractivity contribution < 1.29 is 19.4 Å². The number of para-hydroxylation sites is 1. The second kappa shape index (κ2) is 8.67. The van der Waals surface area contributed by atoms with Gasteiger partial charge in [0.15, 0.2) is 11.5 Å². The average Bonchev–Trinajstić information content (AvgIpc) is 3.18. The van der Waals surface area contributed by atoms with E-state index in [1.165, 1.54) is 4.90 Å². The van der Waals surface area contributed by atoms with Crippen LogP contribution in [0.4, 0.5) is 0 Å². The molecule has 0 amide bonds.